The Bertz CT molecular complexity index is 931. The van der Waals surface area contributed by atoms with Crippen molar-refractivity contribution >= 4 is 29.3 Å². The Kier molecular flexibility index (Phi) is 5.59. The third-order valence-electron chi connectivity index (χ3n) is 4.39. The van der Waals surface area contributed by atoms with E-state index in [4.69, 9.17) is 9.47 Å². The number of esters is 1. The van der Waals surface area contributed by atoms with Gasteiger partial charge in [0.15, 0.2) is 0 Å². The van der Waals surface area contributed by atoms with Gasteiger partial charge in [-0.05, 0) is 50.6 Å². The van der Waals surface area contributed by atoms with Crippen LogP contribution in [-0.2, 0) is 20.8 Å². The first-order valence-corrected chi connectivity index (χ1v) is 9.27. The highest BCUT2D eigenvalue weighted by atomic mass is 16.6. The maximum absolute atomic E-state index is 12.9. The maximum atomic E-state index is 12.9. The molecular formula is C22H24N2O5. The number of para-hydroxylation sites is 2. The molecule has 152 valence electrons. The molecule has 0 unspecified atom stereocenters. The number of hydrogen-bond donors (Lipinski definition) is 0. The number of anilines is 2. The fourth-order valence-corrected chi connectivity index (χ4v) is 3.06. The lowest BCUT2D eigenvalue weighted by Crippen LogP contribution is -2.49. The SMILES string of the molecule is COC(=O)c1ccc(CN2C(=O)CN(C(=O)OC(C)(C)C)c3ccccc32)cc1. The monoisotopic (exact) mass is 396 g/mol. The summed E-state index contributed by atoms with van der Waals surface area (Å²) < 4.78 is 10.2. The minimum Gasteiger partial charge on any atom is -0.465 e. The molecule has 0 spiro atoms. The van der Waals surface area contributed by atoms with Crippen molar-refractivity contribution in [3.05, 3.63) is 59.7 Å². The first-order valence-electron chi connectivity index (χ1n) is 9.27. The Balaban J connectivity index is 1.87. The van der Waals surface area contributed by atoms with Crippen molar-refractivity contribution in [2.24, 2.45) is 0 Å². The van der Waals surface area contributed by atoms with Gasteiger partial charge in [0.25, 0.3) is 0 Å². The molecule has 1 heterocycles. The van der Waals surface area contributed by atoms with E-state index >= 15 is 0 Å². The predicted octanol–water partition coefficient (Wildman–Crippen LogP) is 3.76. The van der Waals surface area contributed by atoms with Gasteiger partial charge < -0.3 is 14.4 Å². The van der Waals surface area contributed by atoms with Crippen LogP contribution in [-0.4, -0.2) is 37.2 Å². The number of amides is 2. The molecule has 0 fully saturated rings. The van der Waals surface area contributed by atoms with E-state index in [2.05, 4.69) is 0 Å². The highest BCUT2D eigenvalue weighted by molar-refractivity contribution is 6.09. The van der Waals surface area contributed by atoms with Crippen LogP contribution in [0.3, 0.4) is 0 Å². The van der Waals surface area contributed by atoms with E-state index in [0.717, 1.165) is 5.56 Å². The number of hydrogen-bond acceptors (Lipinski definition) is 5. The third kappa shape index (κ3) is 4.56. The molecule has 0 saturated carbocycles. The van der Waals surface area contributed by atoms with Crippen LogP contribution in [0.1, 0.15) is 36.7 Å². The van der Waals surface area contributed by atoms with E-state index in [1.165, 1.54) is 12.0 Å². The molecule has 2 amide bonds. The molecule has 7 nitrogen and oxygen atoms in total. The standard InChI is InChI=1S/C22H24N2O5/c1-22(2,3)29-21(27)24-14-19(25)23(17-7-5-6-8-18(17)24)13-15-9-11-16(12-10-15)20(26)28-4/h5-12H,13-14H2,1-4H3. The zero-order valence-electron chi connectivity index (χ0n) is 17.0. The molecule has 0 saturated heterocycles. The van der Waals surface area contributed by atoms with Crippen molar-refractivity contribution in [1.29, 1.82) is 0 Å². The van der Waals surface area contributed by atoms with E-state index in [1.807, 2.05) is 12.1 Å². The summed E-state index contributed by atoms with van der Waals surface area (Å²) in [5, 5.41) is 0. The van der Waals surface area contributed by atoms with Gasteiger partial charge in [0.05, 0.1) is 30.6 Å². The highest BCUT2D eigenvalue weighted by Gasteiger charge is 2.34. The van der Waals surface area contributed by atoms with Crippen LogP contribution < -0.4 is 9.80 Å². The van der Waals surface area contributed by atoms with E-state index in [-0.39, 0.29) is 12.5 Å². The number of ether oxygens (including phenoxy) is 2. The third-order valence-corrected chi connectivity index (χ3v) is 4.39. The zero-order chi connectivity index (χ0) is 21.2. The largest absolute Gasteiger partial charge is 0.465 e. The average Bonchev–Trinajstić information content (AvgIpc) is 2.68. The van der Waals surface area contributed by atoms with Crippen molar-refractivity contribution in [1.82, 2.24) is 0 Å². The van der Waals surface area contributed by atoms with Gasteiger partial charge in [-0.25, -0.2) is 9.59 Å². The topological polar surface area (TPSA) is 76.2 Å². The van der Waals surface area contributed by atoms with Crippen LogP contribution in [0.5, 0.6) is 0 Å². The maximum Gasteiger partial charge on any atom is 0.415 e. The first-order chi connectivity index (χ1) is 13.7. The minimum atomic E-state index is -0.659. The number of nitrogens with zero attached hydrogens (tertiary/aromatic N) is 2. The quantitative estimate of drug-likeness (QED) is 0.739. The Morgan fingerprint density at radius 3 is 2.21 bits per heavy atom. The van der Waals surface area contributed by atoms with Gasteiger partial charge in [-0.15, -0.1) is 0 Å². The molecule has 2 aromatic rings. The van der Waals surface area contributed by atoms with Crippen molar-refractivity contribution in [3.8, 4) is 0 Å². The second-order valence-electron chi connectivity index (χ2n) is 7.72. The summed E-state index contributed by atoms with van der Waals surface area (Å²) in [5.41, 5.74) is 1.89. The molecule has 0 atom stereocenters. The molecule has 0 aliphatic carbocycles. The minimum absolute atomic E-state index is 0.105. The lowest BCUT2D eigenvalue weighted by Gasteiger charge is -2.36. The fraction of sp³-hybridized carbons (Fsp3) is 0.318. The molecule has 29 heavy (non-hydrogen) atoms. The van der Waals surface area contributed by atoms with Crippen molar-refractivity contribution in [2.45, 2.75) is 32.9 Å². The van der Waals surface area contributed by atoms with Gasteiger partial charge in [-0.1, -0.05) is 24.3 Å². The van der Waals surface area contributed by atoms with Crippen LogP contribution in [0.25, 0.3) is 0 Å². The van der Waals surface area contributed by atoms with E-state index in [1.54, 1.807) is 62.1 Å². The second kappa shape index (κ2) is 7.95. The molecule has 7 heteroatoms. The van der Waals surface area contributed by atoms with Crippen molar-refractivity contribution in [3.63, 3.8) is 0 Å². The van der Waals surface area contributed by atoms with Crippen LogP contribution >= 0.6 is 0 Å². The van der Waals surface area contributed by atoms with Gasteiger partial charge in [-0.2, -0.15) is 0 Å². The summed E-state index contributed by atoms with van der Waals surface area (Å²) in [7, 11) is 1.33. The Morgan fingerprint density at radius 2 is 1.62 bits per heavy atom. The number of methoxy groups -OCH3 is 1. The molecular weight excluding hydrogens is 372 g/mol. The Labute approximate surface area is 169 Å². The number of carbonyl (C=O) groups excluding carboxylic acids is 3. The molecule has 1 aliphatic heterocycles. The number of rotatable bonds is 3. The molecule has 1 aliphatic rings. The summed E-state index contributed by atoms with van der Waals surface area (Å²) >= 11 is 0. The van der Waals surface area contributed by atoms with Crippen LogP contribution in [0.2, 0.25) is 0 Å². The normalized spacial score (nSPS) is 13.7. The number of fused-ring (bicyclic) bond motifs is 1. The first kappa shape index (κ1) is 20.4. The molecule has 0 radical (unpaired) electrons. The lowest BCUT2D eigenvalue weighted by atomic mass is 10.1. The molecule has 2 aromatic carbocycles. The highest BCUT2D eigenvalue weighted by Crippen LogP contribution is 2.35. The van der Waals surface area contributed by atoms with Crippen LogP contribution in [0, 0.1) is 0 Å². The van der Waals surface area contributed by atoms with E-state index in [0.29, 0.717) is 23.5 Å². The van der Waals surface area contributed by atoms with E-state index < -0.39 is 17.7 Å². The van der Waals surface area contributed by atoms with Crippen LogP contribution in [0.4, 0.5) is 16.2 Å². The summed E-state index contributed by atoms with van der Waals surface area (Å²) in [4.78, 5) is 40.1. The number of benzene rings is 2. The average molecular weight is 396 g/mol. The second-order valence-corrected chi connectivity index (χ2v) is 7.72. The molecule has 0 N–H and O–H groups in total. The van der Waals surface area contributed by atoms with E-state index in [9.17, 15) is 14.4 Å². The van der Waals surface area contributed by atoms with Gasteiger partial charge in [-0.3, -0.25) is 9.69 Å². The predicted molar refractivity (Wildman–Crippen MR) is 109 cm³/mol. The molecule has 3 rings (SSSR count). The Morgan fingerprint density at radius 1 is 1.00 bits per heavy atom. The Hall–Kier alpha value is -3.35. The summed E-state index contributed by atoms with van der Waals surface area (Å²) in [6.45, 7) is 5.57. The number of carbonyl (C=O) groups is 3. The smallest absolute Gasteiger partial charge is 0.415 e. The van der Waals surface area contributed by atoms with Gasteiger partial charge in [0.1, 0.15) is 12.1 Å². The fourth-order valence-electron chi connectivity index (χ4n) is 3.06. The summed E-state index contributed by atoms with van der Waals surface area (Å²) in [6, 6.07) is 14.1. The zero-order valence-corrected chi connectivity index (χ0v) is 17.0. The van der Waals surface area contributed by atoms with Gasteiger partial charge >= 0.3 is 12.1 Å². The van der Waals surface area contributed by atoms with Gasteiger partial charge in [0.2, 0.25) is 5.91 Å². The lowest BCUT2D eigenvalue weighted by molar-refractivity contribution is -0.117. The van der Waals surface area contributed by atoms with Crippen LogP contribution in [0.15, 0.2) is 48.5 Å². The molecule has 0 aromatic heterocycles. The van der Waals surface area contributed by atoms with Crippen molar-refractivity contribution < 1.29 is 23.9 Å². The van der Waals surface area contributed by atoms with Gasteiger partial charge in [0, 0.05) is 0 Å². The molecule has 0 bridgehead atoms. The summed E-state index contributed by atoms with van der Waals surface area (Å²) in [5.74, 6) is -0.629. The van der Waals surface area contributed by atoms with Crippen molar-refractivity contribution in [2.75, 3.05) is 23.5 Å². The summed E-state index contributed by atoms with van der Waals surface area (Å²) in [6.07, 6.45) is -0.555.